The van der Waals surface area contributed by atoms with Crippen molar-refractivity contribution in [2.45, 2.75) is 51.1 Å². The summed E-state index contributed by atoms with van der Waals surface area (Å²) in [4.78, 5) is 15.2. The molecule has 2 heterocycles. The summed E-state index contributed by atoms with van der Waals surface area (Å²) in [6, 6.07) is 8.57. The molecule has 1 aromatic carbocycles. The molecule has 0 radical (unpaired) electrons. The van der Waals surface area contributed by atoms with Crippen LogP contribution in [0.25, 0.3) is 0 Å². The topological polar surface area (TPSA) is 44.4 Å². The number of amides is 1. The molecule has 4 rings (SSSR count). The molecule has 1 saturated carbocycles. The summed E-state index contributed by atoms with van der Waals surface area (Å²) >= 11 is 6.13. The summed E-state index contributed by atoms with van der Waals surface area (Å²) in [6.07, 6.45) is 7.08. The lowest BCUT2D eigenvalue weighted by Crippen LogP contribution is -2.46. The largest absolute Gasteiger partial charge is 0.354 e. The molecule has 4 nitrogen and oxygen atoms in total. The van der Waals surface area contributed by atoms with Gasteiger partial charge in [-0.1, -0.05) is 30.2 Å². The highest BCUT2D eigenvalue weighted by Gasteiger charge is 2.57. The molecule has 3 aliphatic rings. The minimum absolute atomic E-state index is 0.259. The Morgan fingerprint density at radius 1 is 1.31 bits per heavy atom. The Morgan fingerprint density at radius 3 is 2.96 bits per heavy atom. The van der Waals surface area contributed by atoms with Crippen molar-refractivity contribution in [1.82, 2.24) is 15.5 Å². The fraction of sp³-hybridized carbons (Fsp3) is 0.667. The summed E-state index contributed by atoms with van der Waals surface area (Å²) in [7, 11) is 0. The Morgan fingerprint density at radius 2 is 2.15 bits per heavy atom. The molecule has 142 valence electrons. The highest BCUT2D eigenvalue weighted by molar-refractivity contribution is 6.30. The number of benzene rings is 1. The third-order valence-electron chi connectivity index (χ3n) is 6.64. The predicted octanol–water partition coefficient (Wildman–Crippen LogP) is 3.20. The van der Waals surface area contributed by atoms with Crippen molar-refractivity contribution in [1.29, 1.82) is 0 Å². The molecule has 2 N–H and O–H groups in total. The van der Waals surface area contributed by atoms with Gasteiger partial charge in [0.2, 0.25) is 5.91 Å². The van der Waals surface area contributed by atoms with Gasteiger partial charge in [0.05, 0.1) is 0 Å². The van der Waals surface area contributed by atoms with Gasteiger partial charge in [-0.2, -0.15) is 0 Å². The van der Waals surface area contributed by atoms with Gasteiger partial charge >= 0.3 is 0 Å². The normalized spacial score (nSPS) is 28.0. The maximum absolute atomic E-state index is 12.7. The highest BCUT2D eigenvalue weighted by atomic mass is 35.5. The van der Waals surface area contributed by atoms with Crippen LogP contribution < -0.4 is 10.6 Å². The van der Waals surface area contributed by atoms with Crippen LogP contribution in [0.4, 0.5) is 0 Å². The molecular formula is C21H30ClN3O. The van der Waals surface area contributed by atoms with Crippen molar-refractivity contribution in [3.63, 3.8) is 0 Å². The van der Waals surface area contributed by atoms with E-state index in [1.165, 1.54) is 24.8 Å². The zero-order chi connectivity index (χ0) is 18.0. The fourth-order valence-corrected chi connectivity index (χ4v) is 5.12. The lowest BCUT2D eigenvalue weighted by Gasteiger charge is -2.36. The highest BCUT2D eigenvalue weighted by Crippen LogP contribution is 2.58. The summed E-state index contributed by atoms with van der Waals surface area (Å²) < 4.78 is 0. The number of nitrogens with one attached hydrogen (secondary N) is 2. The van der Waals surface area contributed by atoms with Gasteiger partial charge in [0.1, 0.15) is 0 Å². The molecule has 0 bridgehead atoms. The van der Waals surface area contributed by atoms with Crippen LogP contribution >= 0.6 is 11.6 Å². The first-order valence-corrected chi connectivity index (χ1v) is 10.5. The summed E-state index contributed by atoms with van der Waals surface area (Å²) in [5, 5.41) is 7.49. The van der Waals surface area contributed by atoms with Gasteiger partial charge in [-0.15, -0.1) is 0 Å². The van der Waals surface area contributed by atoms with Crippen molar-refractivity contribution in [2.75, 3.05) is 26.2 Å². The lowest BCUT2D eigenvalue weighted by atomic mass is 9.91. The van der Waals surface area contributed by atoms with E-state index < -0.39 is 0 Å². The molecule has 2 atom stereocenters. The average molecular weight is 376 g/mol. The van der Waals surface area contributed by atoms with Crippen molar-refractivity contribution >= 4 is 17.5 Å². The Balaban J connectivity index is 1.30. The molecule has 1 aliphatic carbocycles. The molecule has 26 heavy (non-hydrogen) atoms. The molecule has 1 spiro atoms. The van der Waals surface area contributed by atoms with Crippen LogP contribution in [-0.4, -0.2) is 43.0 Å². The van der Waals surface area contributed by atoms with Crippen LogP contribution in [-0.2, 0) is 11.3 Å². The quantitative estimate of drug-likeness (QED) is 0.830. The smallest absolute Gasteiger partial charge is 0.223 e. The third kappa shape index (κ3) is 4.08. The van der Waals surface area contributed by atoms with Gasteiger partial charge in [-0.25, -0.2) is 0 Å². The van der Waals surface area contributed by atoms with E-state index in [1.54, 1.807) is 0 Å². The number of carbonyl (C=O) groups is 1. The first-order valence-electron chi connectivity index (χ1n) is 10.1. The maximum Gasteiger partial charge on any atom is 0.223 e. The van der Waals surface area contributed by atoms with Crippen molar-refractivity contribution in [3.8, 4) is 0 Å². The van der Waals surface area contributed by atoms with E-state index in [0.717, 1.165) is 57.0 Å². The molecule has 3 fully saturated rings. The Labute approximate surface area is 161 Å². The fourth-order valence-electron chi connectivity index (χ4n) is 4.91. The second-order valence-corrected chi connectivity index (χ2v) is 8.80. The van der Waals surface area contributed by atoms with Gasteiger partial charge < -0.3 is 10.6 Å². The standard InChI is InChI=1S/C21H30ClN3O/c22-17-5-3-4-16(12-17)15-25-11-2-1-6-18(25)14-24-20(26)19-13-21(19)7-9-23-10-8-21/h3-5,12,18-19,23H,1-2,6-11,13-15H2,(H,24,26). The Bertz CT molecular complexity index is 644. The number of rotatable bonds is 5. The Hall–Kier alpha value is -1.10. The van der Waals surface area contributed by atoms with E-state index in [0.29, 0.717) is 17.4 Å². The van der Waals surface area contributed by atoms with Crippen molar-refractivity contribution in [2.24, 2.45) is 11.3 Å². The van der Waals surface area contributed by atoms with E-state index in [-0.39, 0.29) is 5.92 Å². The van der Waals surface area contributed by atoms with Crippen LogP contribution in [0, 0.1) is 11.3 Å². The van der Waals surface area contributed by atoms with Crippen LogP contribution in [0.1, 0.15) is 44.1 Å². The van der Waals surface area contributed by atoms with Crippen LogP contribution in [0.3, 0.4) is 0 Å². The molecule has 2 unspecified atom stereocenters. The molecule has 1 aromatic rings. The van der Waals surface area contributed by atoms with Gasteiger partial charge in [-0.3, -0.25) is 9.69 Å². The number of carbonyl (C=O) groups excluding carboxylic acids is 1. The molecule has 0 aromatic heterocycles. The summed E-state index contributed by atoms with van der Waals surface area (Å²) in [6.45, 7) is 4.94. The number of piperidine rings is 2. The number of nitrogens with zero attached hydrogens (tertiary/aromatic N) is 1. The number of halogens is 1. The second kappa shape index (κ2) is 7.87. The van der Waals surface area contributed by atoms with Crippen molar-refractivity contribution in [3.05, 3.63) is 34.9 Å². The molecule has 2 saturated heterocycles. The van der Waals surface area contributed by atoms with Gasteiger partial charge in [-0.05, 0) is 74.8 Å². The van der Waals surface area contributed by atoms with Crippen LogP contribution in [0.15, 0.2) is 24.3 Å². The third-order valence-corrected chi connectivity index (χ3v) is 6.88. The first kappa shape index (κ1) is 18.3. The van der Waals surface area contributed by atoms with Gasteiger partial charge in [0.25, 0.3) is 0 Å². The molecular weight excluding hydrogens is 346 g/mol. The lowest BCUT2D eigenvalue weighted by molar-refractivity contribution is -0.123. The maximum atomic E-state index is 12.7. The molecule has 5 heteroatoms. The summed E-state index contributed by atoms with van der Waals surface area (Å²) in [5.41, 5.74) is 1.58. The van der Waals surface area contributed by atoms with Crippen LogP contribution in [0.2, 0.25) is 5.02 Å². The van der Waals surface area contributed by atoms with Crippen molar-refractivity contribution < 1.29 is 4.79 Å². The average Bonchev–Trinajstić information content (AvgIpc) is 3.34. The van der Waals surface area contributed by atoms with E-state index >= 15 is 0 Å². The minimum Gasteiger partial charge on any atom is -0.354 e. The number of likely N-dealkylation sites (tertiary alicyclic amines) is 1. The minimum atomic E-state index is 0.259. The van der Waals surface area contributed by atoms with E-state index in [2.05, 4.69) is 27.7 Å². The van der Waals surface area contributed by atoms with E-state index in [9.17, 15) is 4.79 Å². The Kier molecular flexibility index (Phi) is 5.53. The molecule has 2 aliphatic heterocycles. The monoisotopic (exact) mass is 375 g/mol. The van der Waals surface area contributed by atoms with E-state index in [1.807, 2.05) is 12.1 Å². The molecule has 1 amide bonds. The first-order chi connectivity index (χ1) is 12.7. The number of hydrogen-bond acceptors (Lipinski definition) is 3. The van der Waals surface area contributed by atoms with Gasteiger partial charge in [0.15, 0.2) is 0 Å². The second-order valence-electron chi connectivity index (χ2n) is 8.36. The SMILES string of the molecule is O=C(NCC1CCCCN1Cc1cccc(Cl)c1)C1CC12CCNCC2. The van der Waals surface area contributed by atoms with E-state index in [4.69, 9.17) is 11.6 Å². The predicted molar refractivity (Wildman–Crippen MR) is 105 cm³/mol. The van der Waals surface area contributed by atoms with Gasteiger partial charge in [0, 0.05) is 30.1 Å². The zero-order valence-electron chi connectivity index (χ0n) is 15.5. The van der Waals surface area contributed by atoms with Crippen LogP contribution in [0.5, 0.6) is 0 Å². The number of hydrogen-bond donors (Lipinski definition) is 2. The summed E-state index contributed by atoms with van der Waals surface area (Å²) in [5.74, 6) is 0.551. The zero-order valence-corrected chi connectivity index (χ0v) is 16.2.